The first-order valence-corrected chi connectivity index (χ1v) is 8.47. The van der Waals surface area contributed by atoms with E-state index in [0.29, 0.717) is 0 Å². The van der Waals surface area contributed by atoms with E-state index in [0.717, 1.165) is 11.3 Å². The van der Waals surface area contributed by atoms with Gasteiger partial charge in [0.1, 0.15) is 0 Å². The molecule has 4 rings (SSSR count). The average Bonchev–Trinajstić information content (AvgIpc) is 3.03. The summed E-state index contributed by atoms with van der Waals surface area (Å²) in [6.07, 6.45) is 4.11. The molecule has 0 aliphatic carbocycles. The molecule has 3 aliphatic rings. The molecule has 2 saturated heterocycles. The third kappa shape index (κ3) is 2.44. The molecule has 1 aromatic carbocycles. The van der Waals surface area contributed by atoms with Gasteiger partial charge in [-0.1, -0.05) is 18.2 Å². The standard InChI is InChI=1S/C16H22N2S/c1-2-6-16-13(4-1)10-15(19-16)12-17-8-9-18-7-3-5-14(18)11-17/h1-2,4,6,14-15H,3,5,7-12H2. The molecule has 2 fully saturated rings. The maximum Gasteiger partial charge on any atom is 0.0263 e. The van der Waals surface area contributed by atoms with E-state index in [4.69, 9.17) is 0 Å². The number of benzene rings is 1. The molecule has 0 bridgehead atoms. The Balaban J connectivity index is 1.36. The Kier molecular flexibility index (Phi) is 3.30. The van der Waals surface area contributed by atoms with Crippen LogP contribution in [0.2, 0.25) is 0 Å². The summed E-state index contributed by atoms with van der Waals surface area (Å²) in [6, 6.07) is 9.80. The first-order chi connectivity index (χ1) is 9.38. The second kappa shape index (κ2) is 5.12. The van der Waals surface area contributed by atoms with Gasteiger partial charge >= 0.3 is 0 Å². The van der Waals surface area contributed by atoms with Crippen molar-refractivity contribution in [2.24, 2.45) is 0 Å². The lowest BCUT2D eigenvalue weighted by atomic mass is 10.1. The van der Waals surface area contributed by atoms with E-state index in [9.17, 15) is 0 Å². The van der Waals surface area contributed by atoms with Crippen LogP contribution in [0.4, 0.5) is 0 Å². The van der Waals surface area contributed by atoms with Gasteiger partial charge in [-0.25, -0.2) is 0 Å². The van der Waals surface area contributed by atoms with Crippen LogP contribution in [-0.2, 0) is 6.42 Å². The number of rotatable bonds is 2. The number of piperazine rings is 1. The predicted octanol–water partition coefficient (Wildman–Crippen LogP) is 2.48. The lowest BCUT2D eigenvalue weighted by Gasteiger charge is -2.38. The van der Waals surface area contributed by atoms with Crippen molar-refractivity contribution in [3.8, 4) is 0 Å². The molecule has 2 unspecified atom stereocenters. The summed E-state index contributed by atoms with van der Waals surface area (Å²) in [5, 5.41) is 0.783. The van der Waals surface area contributed by atoms with Crippen LogP contribution in [0.25, 0.3) is 0 Å². The fourth-order valence-corrected chi connectivity index (χ4v) is 5.23. The van der Waals surface area contributed by atoms with Gasteiger partial charge in [-0.15, -0.1) is 11.8 Å². The highest BCUT2D eigenvalue weighted by atomic mass is 32.2. The molecular formula is C16H22N2S. The van der Waals surface area contributed by atoms with Crippen LogP contribution in [0.5, 0.6) is 0 Å². The zero-order valence-corrected chi connectivity index (χ0v) is 12.2. The van der Waals surface area contributed by atoms with Crippen molar-refractivity contribution >= 4 is 11.8 Å². The minimum atomic E-state index is 0.783. The van der Waals surface area contributed by atoms with E-state index in [2.05, 4.69) is 45.8 Å². The Hall–Kier alpha value is -0.510. The molecule has 3 heteroatoms. The largest absolute Gasteiger partial charge is 0.299 e. The van der Waals surface area contributed by atoms with Gasteiger partial charge < -0.3 is 0 Å². The zero-order valence-electron chi connectivity index (χ0n) is 11.4. The van der Waals surface area contributed by atoms with Crippen molar-refractivity contribution in [2.45, 2.75) is 35.4 Å². The fraction of sp³-hybridized carbons (Fsp3) is 0.625. The highest BCUT2D eigenvalue weighted by molar-refractivity contribution is 8.00. The molecule has 102 valence electrons. The summed E-state index contributed by atoms with van der Waals surface area (Å²) in [6.45, 7) is 6.53. The van der Waals surface area contributed by atoms with E-state index in [1.54, 1.807) is 5.56 Å². The number of fused-ring (bicyclic) bond motifs is 2. The van der Waals surface area contributed by atoms with E-state index in [1.807, 2.05) is 0 Å². The van der Waals surface area contributed by atoms with Crippen molar-refractivity contribution in [3.05, 3.63) is 29.8 Å². The molecular weight excluding hydrogens is 252 g/mol. The van der Waals surface area contributed by atoms with Crippen LogP contribution in [0.3, 0.4) is 0 Å². The molecule has 2 nitrogen and oxygen atoms in total. The van der Waals surface area contributed by atoms with Gasteiger partial charge in [-0.05, 0) is 37.4 Å². The Bertz CT molecular complexity index is 437. The van der Waals surface area contributed by atoms with Crippen LogP contribution in [0.1, 0.15) is 18.4 Å². The molecule has 19 heavy (non-hydrogen) atoms. The topological polar surface area (TPSA) is 6.48 Å². The maximum atomic E-state index is 2.72. The van der Waals surface area contributed by atoms with Gasteiger partial charge in [-0.3, -0.25) is 9.80 Å². The predicted molar refractivity (Wildman–Crippen MR) is 80.8 cm³/mol. The minimum absolute atomic E-state index is 0.783. The summed E-state index contributed by atoms with van der Waals surface area (Å²) in [5.74, 6) is 0. The normalized spacial score (nSPS) is 31.4. The van der Waals surface area contributed by atoms with Gasteiger partial charge in [0.05, 0.1) is 0 Å². The van der Waals surface area contributed by atoms with Crippen molar-refractivity contribution in [3.63, 3.8) is 0 Å². The van der Waals surface area contributed by atoms with Crippen LogP contribution < -0.4 is 0 Å². The number of hydrogen-bond donors (Lipinski definition) is 0. The highest BCUT2D eigenvalue weighted by Gasteiger charge is 2.32. The Labute approximate surface area is 120 Å². The van der Waals surface area contributed by atoms with Crippen LogP contribution in [0, 0.1) is 0 Å². The molecule has 3 heterocycles. The zero-order chi connectivity index (χ0) is 12.7. The van der Waals surface area contributed by atoms with E-state index in [-0.39, 0.29) is 0 Å². The van der Waals surface area contributed by atoms with Crippen molar-refractivity contribution in [1.82, 2.24) is 9.80 Å². The van der Waals surface area contributed by atoms with Gasteiger partial charge in [0.15, 0.2) is 0 Å². The highest BCUT2D eigenvalue weighted by Crippen LogP contribution is 2.37. The molecule has 0 radical (unpaired) electrons. The van der Waals surface area contributed by atoms with E-state index < -0.39 is 0 Å². The summed E-state index contributed by atoms with van der Waals surface area (Å²) in [7, 11) is 0. The van der Waals surface area contributed by atoms with Crippen molar-refractivity contribution in [2.75, 3.05) is 32.7 Å². The summed E-state index contributed by atoms with van der Waals surface area (Å²) < 4.78 is 0. The third-order valence-electron chi connectivity index (χ3n) is 4.85. The molecule has 3 aliphatic heterocycles. The molecule has 2 atom stereocenters. The SMILES string of the molecule is c1ccc2c(c1)CC(CN1CCN3CCCC3C1)S2. The Morgan fingerprint density at radius 1 is 1.16 bits per heavy atom. The molecule has 0 N–H and O–H groups in total. The second-order valence-electron chi connectivity index (χ2n) is 6.14. The van der Waals surface area contributed by atoms with Crippen molar-refractivity contribution in [1.29, 1.82) is 0 Å². The van der Waals surface area contributed by atoms with Gasteiger partial charge in [0.25, 0.3) is 0 Å². The smallest absolute Gasteiger partial charge is 0.0263 e. The lowest BCUT2D eigenvalue weighted by molar-refractivity contribution is 0.105. The van der Waals surface area contributed by atoms with Crippen LogP contribution in [-0.4, -0.2) is 53.8 Å². The number of hydrogen-bond acceptors (Lipinski definition) is 3. The van der Waals surface area contributed by atoms with E-state index >= 15 is 0 Å². The second-order valence-corrected chi connectivity index (χ2v) is 7.49. The monoisotopic (exact) mass is 274 g/mol. The average molecular weight is 274 g/mol. The maximum absolute atomic E-state index is 2.72. The lowest BCUT2D eigenvalue weighted by Crippen LogP contribution is -2.51. The molecule has 0 amide bonds. The first kappa shape index (κ1) is 12.2. The summed E-state index contributed by atoms with van der Waals surface area (Å²) in [4.78, 5) is 6.94. The van der Waals surface area contributed by atoms with Crippen LogP contribution >= 0.6 is 11.8 Å². The van der Waals surface area contributed by atoms with Gasteiger partial charge in [0.2, 0.25) is 0 Å². The molecule has 0 spiro atoms. The van der Waals surface area contributed by atoms with E-state index in [1.165, 1.54) is 56.9 Å². The molecule has 0 saturated carbocycles. The molecule has 0 aromatic heterocycles. The molecule has 1 aromatic rings. The Morgan fingerprint density at radius 3 is 3.05 bits per heavy atom. The summed E-state index contributed by atoms with van der Waals surface area (Å²) >= 11 is 2.10. The number of nitrogens with zero attached hydrogens (tertiary/aromatic N) is 2. The quantitative estimate of drug-likeness (QED) is 0.818. The minimum Gasteiger partial charge on any atom is -0.299 e. The van der Waals surface area contributed by atoms with Gasteiger partial charge in [0, 0.05) is 42.4 Å². The first-order valence-electron chi connectivity index (χ1n) is 7.59. The van der Waals surface area contributed by atoms with Crippen LogP contribution in [0.15, 0.2) is 29.2 Å². The number of thioether (sulfide) groups is 1. The Morgan fingerprint density at radius 2 is 2.11 bits per heavy atom. The summed E-state index contributed by atoms with van der Waals surface area (Å²) in [5.41, 5.74) is 1.57. The van der Waals surface area contributed by atoms with Crippen molar-refractivity contribution < 1.29 is 0 Å². The van der Waals surface area contributed by atoms with Gasteiger partial charge in [-0.2, -0.15) is 0 Å². The third-order valence-corrected chi connectivity index (χ3v) is 6.15. The fourth-order valence-electron chi connectivity index (χ4n) is 3.87.